The van der Waals surface area contributed by atoms with Crippen molar-refractivity contribution in [3.05, 3.63) is 29.8 Å². The standard InChI is InChI=1S/C11H13NO4/c1-8-2-4-9(5-3-8)12(6-10(13)14)7-11(15)16/h2-5H,6-7H2,1H3,(H,13,14)(H,15,16). The summed E-state index contributed by atoms with van der Waals surface area (Å²) in [6.07, 6.45) is 0. The number of benzene rings is 1. The van der Waals surface area contributed by atoms with Crippen LogP contribution in [0.1, 0.15) is 5.56 Å². The van der Waals surface area contributed by atoms with Crippen molar-refractivity contribution in [2.45, 2.75) is 6.92 Å². The van der Waals surface area contributed by atoms with Crippen molar-refractivity contribution >= 4 is 17.6 Å². The van der Waals surface area contributed by atoms with E-state index in [9.17, 15) is 9.59 Å². The molecule has 0 aromatic heterocycles. The van der Waals surface area contributed by atoms with E-state index in [2.05, 4.69) is 0 Å². The molecule has 1 aromatic carbocycles. The van der Waals surface area contributed by atoms with Gasteiger partial charge in [-0.05, 0) is 19.1 Å². The molecule has 86 valence electrons. The van der Waals surface area contributed by atoms with Crippen LogP contribution in [-0.2, 0) is 9.59 Å². The minimum absolute atomic E-state index is 0.324. The molecule has 16 heavy (non-hydrogen) atoms. The van der Waals surface area contributed by atoms with Gasteiger partial charge in [0.2, 0.25) is 0 Å². The molecule has 0 bridgehead atoms. The van der Waals surface area contributed by atoms with Crippen LogP contribution < -0.4 is 4.90 Å². The van der Waals surface area contributed by atoms with Crippen molar-refractivity contribution in [1.82, 2.24) is 0 Å². The summed E-state index contributed by atoms with van der Waals surface area (Å²) in [7, 11) is 0. The molecular weight excluding hydrogens is 210 g/mol. The summed E-state index contributed by atoms with van der Waals surface area (Å²) in [4.78, 5) is 22.5. The van der Waals surface area contributed by atoms with Crippen LogP contribution in [-0.4, -0.2) is 35.2 Å². The summed E-state index contributed by atoms with van der Waals surface area (Å²) in [6.45, 7) is 1.26. The highest BCUT2D eigenvalue weighted by atomic mass is 16.4. The Bertz CT molecular complexity index is 369. The largest absolute Gasteiger partial charge is 0.480 e. The van der Waals surface area contributed by atoms with Crippen LogP contribution in [0.15, 0.2) is 24.3 Å². The first-order chi connectivity index (χ1) is 7.49. The molecule has 0 radical (unpaired) electrons. The zero-order chi connectivity index (χ0) is 12.1. The lowest BCUT2D eigenvalue weighted by Gasteiger charge is -2.20. The molecule has 5 nitrogen and oxygen atoms in total. The maximum atomic E-state index is 10.6. The van der Waals surface area contributed by atoms with Gasteiger partial charge in [0.15, 0.2) is 0 Å². The molecule has 0 saturated heterocycles. The van der Waals surface area contributed by atoms with Crippen molar-refractivity contribution in [2.75, 3.05) is 18.0 Å². The molecule has 0 aliphatic carbocycles. The molecule has 0 aliphatic rings. The maximum Gasteiger partial charge on any atom is 0.323 e. The van der Waals surface area contributed by atoms with Gasteiger partial charge in [-0.3, -0.25) is 9.59 Å². The van der Waals surface area contributed by atoms with Gasteiger partial charge < -0.3 is 15.1 Å². The van der Waals surface area contributed by atoms with E-state index in [4.69, 9.17) is 10.2 Å². The Balaban J connectivity index is 2.86. The Kier molecular flexibility index (Phi) is 3.88. The van der Waals surface area contributed by atoms with Gasteiger partial charge in [-0.15, -0.1) is 0 Å². The summed E-state index contributed by atoms with van der Waals surface area (Å²) in [5.41, 5.74) is 1.63. The fourth-order valence-electron chi connectivity index (χ4n) is 1.32. The monoisotopic (exact) mass is 223 g/mol. The van der Waals surface area contributed by atoms with Gasteiger partial charge in [-0.2, -0.15) is 0 Å². The zero-order valence-electron chi connectivity index (χ0n) is 8.88. The van der Waals surface area contributed by atoms with Crippen LogP contribution in [0, 0.1) is 6.92 Å². The topological polar surface area (TPSA) is 77.8 Å². The van der Waals surface area contributed by atoms with Crippen LogP contribution in [0.4, 0.5) is 5.69 Å². The molecule has 0 aliphatic heterocycles. The summed E-state index contributed by atoms with van der Waals surface area (Å²) in [6, 6.07) is 7.04. The molecule has 0 amide bonds. The van der Waals surface area contributed by atoms with Gasteiger partial charge in [-0.1, -0.05) is 17.7 Å². The highest BCUT2D eigenvalue weighted by Crippen LogP contribution is 2.14. The highest BCUT2D eigenvalue weighted by molar-refractivity contribution is 5.79. The van der Waals surface area contributed by atoms with E-state index in [0.717, 1.165) is 5.56 Å². The zero-order valence-corrected chi connectivity index (χ0v) is 8.88. The number of carboxylic acid groups (broad SMARTS) is 2. The highest BCUT2D eigenvalue weighted by Gasteiger charge is 2.13. The average Bonchev–Trinajstić information content (AvgIpc) is 2.16. The summed E-state index contributed by atoms with van der Waals surface area (Å²) in [5.74, 6) is -2.11. The molecule has 0 saturated carbocycles. The van der Waals surface area contributed by atoms with E-state index in [1.54, 1.807) is 12.1 Å². The van der Waals surface area contributed by atoms with Gasteiger partial charge in [0.05, 0.1) is 0 Å². The Morgan fingerprint density at radius 3 is 1.88 bits per heavy atom. The number of carbonyl (C=O) groups is 2. The van der Waals surface area contributed by atoms with Crippen molar-refractivity contribution in [1.29, 1.82) is 0 Å². The van der Waals surface area contributed by atoms with E-state index in [1.165, 1.54) is 4.90 Å². The van der Waals surface area contributed by atoms with E-state index in [-0.39, 0.29) is 13.1 Å². The number of aliphatic carboxylic acids is 2. The molecule has 0 spiro atoms. The average molecular weight is 223 g/mol. The summed E-state index contributed by atoms with van der Waals surface area (Å²) < 4.78 is 0. The molecule has 5 heteroatoms. The van der Waals surface area contributed by atoms with Gasteiger partial charge in [0.25, 0.3) is 0 Å². The number of hydrogen-bond donors (Lipinski definition) is 2. The van der Waals surface area contributed by atoms with Gasteiger partial charge in [0.1, 0.15) is 13.1 Å². The molecule has 0 fully saturated rings. The molecular formula is C11H13NO4. The number of nitrogens with zero attached hydrogens (tertiary/aromatic N) is 1. The van der Waals surface area contributed by atoms with Crippen molar-refractivity contribution in [3.63, 3.8) is 0 Å². The maximum absolute atomic E-state index is 10.6. The number of rotatable bonds is 5. The molecule has 0 heterocycles. The lowest BCUT2D eigenvalue weighted by atomic mass is 10.2. The smallest absolute Gasteiger partial charge is 0.323 e. The van der Waals surface area contributed by atoms with Crippen LogP contribution >= 0.6 is 0 Å². The lowest BCUT2D eigenvalue weighted by molar-refractivity contribution is -0.136. The van der Waals surface area contributed by atoms with E-state index in [1.807, 2.05) is 19.1 Å². The Morgan fingerprint density at radius 2 is 1.50 bits per heavy atom. The van der Waals surface area contributed by atoms with Crippen molar-refractivity contribution < 1.29 is 19.8 Å². The molecule has 1 aromatic rings. The van der Waals surface area contributed by atoms with Crippen LogP contribution in [0.25, 0.3) is 0 Å². The van der Waals surface area contributed by atoms with E-state index in [0.29, 0.717) is 5.69 Å². The van der Waals surface area contributed by atoms with Crippen molar-refractivity contribution in [3.8, 4) is 0 Å². The van der Waals surface area contributed by atoms with E-state index >= 15 is 0 Å². The predicted molar refractivity (Wildman–Crippen MR) is 58.7 cm³/mol. The van der Waals surface area contributed by atoms with Gasteiger partial charge in [-0.25, -0.2) is 0 Å². The summed E-state index contributed by atoms with van der Waals surface area (Å²) >= 11 is 0. The quantitative estimate of drug-likeness (QED) is 0.777. The SMILES string of the molecule is Cc1ccc(N(CC(=O)O)CC(=O)O)cc1. The third-order valence-electron chi connectivity index (χ3n) is 2.05. The Labute approximate surface area is 92.9 Å². The fraction of sp³-hybridized carbons (Fsp3) is 0.273. The normalized spacial score (nSPS) is 9.81. The number of anilines is 1. The molecule has 1 rings (SSSR count). The first-order valence-electron chi connectivity index (χ1n) is 4.74. The first kappa shape index (κ1) is 12.0. The first-order valence-corrected chi connectivity index (χ1v) is 4.74. The second-order valence-electron chi connectivity index (χ2n) is 3.48. The molecule has 2 N–H and O–H groups in total. The van der Waals surface area contributed by atoms with Crippen LogP contribution in [0.3, 0.4) is 0 Å². The molecule has 0 unspecified atom stereocenters. The minimum Gasteiger partial charge on any atom is -0.480 e. The van der Waals surface area contributed by atoms with Gasteiger partial charge >= 0.3 is 11.9 Å². The van der Waals surface area contributed by atoms with Crippen LogP contribution in [0.5, 0.6) is 0 Å². The fourth-order valence-corrected chi connectivity index (χ4v) is 1.32. The predicted octanol–water partition coefficient (Wildman–Crippen LogP) is 0.971. The second kappa shape index (κ2) is 5.16. The van der Waals surface area contributed by atoms with Crippen molar-refractivity contribution in [2.24, 2.45) is 0 Å². The molecule has 0 atom stereocenters. The third-order valence-corrected chi connectivity index (χ3v) is 2.05. The number of carboxylic acids is 2. The second-order valence-corrected chi connectivity index (χ2v) is 3.48. The number of aryl methyl sites for hydroxylation is 1. The van der Waals surface area contributed by atoms with Gasteiger partial charge in [0, 0.05) is 5.69 Å². The third kappa shape index (κ3) is 3.61. The minimum atomic E-state index is -1.05. The summed E-state index contributed by atoms with van der Waals surface area (Å²) in [5, 5.41) is 17.4. The lowest BCUT2D eigenvalue weighted by Crippen LogP contribution is -2.34. The van der Waals surface area contributed by atoms with E-state index < -0.39 is 11.9 Å². The Morgan fingerprint density at radius 1 is 1.06 bits per heavy atom. The van der Waals surface area contributed by atoms with Crippen LogP contribution in [0.2, 0.25) is 0 Å². The Hall–Kier alpha value is -2.04. The number of hydrogen-bond acceptors (Lipinski definition) is 3.